The number of hydrogen-bond donors (Lipinski definition) is 1. The van der Waals surface area contributed by atoms with Crippen molar-refractivity contribution >= 4 is 27.9 Å². The number of imide groups is 1. The van der Waals surface area contributed by atoms with Crippen molar-refractivity contribution in [3.05, 3.63) is 29.8 Å². The quantitative estimate of drug-likeness (QED) is 0.711. The molecule has 148 valence electrons. The number of nitrogens with zero attached hydrogens (tertiary/aromatic N) is 2. The van der Waals surface area contributed by atoms with Gasteiger partial charge in [-0.2, -0.15) is 4.31 Å². The average molecular weight is 397 g/mol. The summed E-state index contributed by atoms with van der Waals surface area (Å²) < 4.78 is 31.4. The zero-order valence-electron chi connectivity index (χ0n) is 15.6. The summed E-state index contributed by atoms with van der Waals surface area (Å²) in [5.41, 5.74) is -0.00115. The predicted molar refractivity (Wildman–Crippen MR) is 96.5 cm³/mol. The van der Waals surface area contributed by atoms with E-state index in [0.717, 1.165) is 4.90 Å². The number of amides is 3. The number of sulfonamides is 1. The number of carbonyl (C=O) groups excluding carboxylic acids is 3. The molecular formula is C17H23N3O6S. The minimum atomic E-state index is -3.76. The Morgan fingerprint density at radius 2 is 1.93 bits per heavy atom. The van der Waals surface area contributed by atoms with E-state index >= 15 is 0 Å². The molecule has 27 heavy (non-hydrogen) atoms. The van der Waals surface area contributed by atoms with Gasteiger partial charge in [0, 0.05) is 26.2 Å². The molecular weight excluding hydrogens is 374 g/mol. The first-order valence-corrected chi connectivity index (χ1v) is 9.88. The molecule has 9 nitrogen and oxygen atoms in total. The van der Waals surface area contributed by atoms with Crippen LogP contribution < -0.4 is 5.32 Å². The number of urea groups is 1. The SMILES string of the molecule is CC(C)N(C)S(=O)(=O)c1cccc(C(=O)O[C@H](C)C(=O)N2CCNC2=O)c1. The highest BCUT2D eigenvalue weighted by Gasteiger charge is 2.32. The molecule has 1 fully saturated rings. The lowest BCUT2D eigenvalue weighted by atomic mass is 10.2. The third-order valence-corrected chi connectivity index (χ3v) is 6.26. The molecule has 0 saturated carbocycles. The Labute approximate surface area is 158 Å². The molecule has 0 bridgehead atoms. The monoisotopic (exact) mass is 397 g/mol. The minimum Gasteiger partial charge on any atom is -0.449 e. The normalized spacial score (nSPS) is 15.8. The van der Waals surface area contributed by atoms with Gasteiger partial charge in [-0.25, -0.2) is 18.0 Å². The van der Waals surface area contributed by atoms with E-state index in [-0.39, 0.29) is 23.0 Å². The van der Waals surface area contributed by atoms with Gasteiger partial charge in [0.05, 0.1) is 10.5 Å². The van der Waals surface area contributed by atoms with E-state index in [1.807, 2.05) is 0 Å². The number of nitrogens with one attached hydrogen (secondary N) is 1. The molecule has 0 aliphatic carbocycles. The zero-order chi connectivity index (χ0) is 20.4. The van der Waals surface area contributed by atoms with Gasteiger partial charge in [0.2, 0.25) is 10.0 Å². The van der Waals surface area contributed by atoms with Crippen molar-refractivity contribution in [1.29, 1.82) is 0 Å². The molecule has 1 aromatic carbocycles. The number of rotatable bonds is 6. The molecule has 0 radical (unpaired) electrons. The Balaban J connectivity index is 2.15. The largest absolute Gasteiger partial charge is 0.449 e. The number of carbonyl (C=O) groups is 3. The second kappa shape index (κ2) is 8.05. The van der Waals surface area contributed by atoms with Crippen LogP contribution in [0.5, 0.6) is 0 Å². The summed E-state index contributed by atoms with van der Waals surface area (Å²) in [6.07, 6.45) is -1.18. The molecule has 0 spiro atoms. The second-order valence-corrected chi connectivity index (χ2v) is 8.41. The van der Waals surface area contributed by atoms with E-state index < -0.39 is 34.0 Å². The highest BCUT2D eigenvalue weighted by molar-refractivity contribution is 7.89. The Morgan fingerprint density at radius 3 is 2.48 bits per heavy atom. The van der Waals surface area contributed by atoms with Crippen LogP contribution in [0.15, 0.2) is 29.2 Å². The van der Waals surface area contributed by atoms with Gasteiger partial charge < -0.3 is 10.1 Å². The molecule has 1 N–H and O–H groups in total. The van der Waals surface area contributed by atoms with Crippen LogP contribution in [0.2, 0.25) is 0 Å². The summed E-state index contributed by atoms with van der Waals surface area (Å²) in [5.74, 6) is -1.48. The van der Waals surface area contributed by atoms with Crippen LogP contribution in [0.1, 0.15) is 31.1 Å². The van der Waals surface area contributed by atoms with Crippen LogP contribution in [0.3, 0.4) is 0 Å². The van der Waals surface area contributed by atoms with Crippen molar-refractivity contribution in [3.8, 4) is 0 Å². The standard InChI is InChI=1S/C17H23N3O6S/c1-11(2)19(4)27(24,25)14-7-5-6-13(10-14)16(22)26-12(3)15(21)20-9-8-18-17(20)23/h5-7,10-12H,8-9H2,1-4H3,(H,18,23)/t12-/m1/s1. The maximum atomic E-state index is 12.6. The van der Waals surface area contributed by atoms with Crippen LogP contribution in [0, 0.1) is 0 Å². The van der Waals surface area contributed by atoms with Crippen molar-refractivity contribution in [2.24, 2.45) is 0 Å². The van der Waals surface area contributed by atoms with Crippen molar-refractivity contribution in [3.63, 3.8) is 0 Å². The lowest BCUT2D eigenvalue weighted by molar-refractivity contribution is -0.136. The van der Waals surface area contributed by atoms with Crippen LogP contribution in [-0.2, 0) is 19.6 Å². The zero-order valence-corrected chi connectivity index (χ0v) is 16.4. The fourth-order valence-corrected chi connectivity index (χ4v) is 3.82. The first kappa shape index (κ1) is 20.8. The summed E-state index contributed by atoms with van der Waals surface area (Å²) in [6, 6.07) is 4.63. The van der Waals surface area contributed by atoms with Gasteiger partial charge in [0.1, 0.15) is 0 Å². The molecule has 3 amide bonds. The molecule has 1 aromatic rings. The first-order chi connectivity index (χ1) is 12.6. The fraction of sp³-hybridized carbons (Fsp3) is 0.471. The van der Waals surface area contributed by atoms with E-state index in [2.05, 4.69) is 5.32 Å². The van der Waals surface area contributed by atoms with Gasteiger partial charge in [-0.05, 0) is 39.0 Å². The lowest BCUT2D eigenvalue weighted by Crippen LogP contribution is -2.41. The van der Waals surface area contributed by atoms with Gasteiger partial charge >= 0.3 is 12.0 Å². The number of benzene rings is 1. The second-order valence-electron chi connectivity index (χ2n) is 6.41. The molecule has 2 rings (SSSR count). The van der Waals surface area contributed by atoms with Crippen LogP contribution in [0.25, 0.3) is 0 Å². The molecule has 1 heterocycles. The van der Waals surface area contributed by atoms with Crippen molar-refractivity contribution in [2.75, 3.05) is 20.1 Å². The number of esters is 1. The summed E-state index contributed by atoms with van der Waals surface area (Å²) in [4.78, 5) is 37.0. The van der Waals surface area contributed by atoms with Gasteiger partial charge in [0.15, 0.2) is 6.10 Å². The summed E-state index contributed by atoms with van der Waals surface area (Å²) in [7, 11) is -2.31. The van der Waals surface area contributed by atoms with E-state index in [4.69, 9.17) is 4.74 Å². The van der Waals surface area contributed by atoms with E-state index in [0.29, 0.717) is 6.54 Å². The molecule has 1 atom stereocenters. The Morgan fingerprint density at radius 1 is 1.26 bits per heavy atom. The van der Waals surface area contributed by atoms with E-state index in [9.17, 15) is 22.8 Å². The summed E-state index contributed by atoms with van der Waals surface area (Å²) in [6.45, 7) is 5.37. The molecule has 10 heteroatoms. The molecule has 1 saturated heterocycles. The van der Waals surface area contributed by atoms with Crippen LogP contribution in [-0.4, -0.2) is 67.8 Å². The van der Waals surface area contributed by atoms with Gasteiger partial charge in [0.25, 0.3) is 5.91 Å². The molecule has 1 aliphatic rings. The fourth-order valence-electron chi connectivity index (χ4n) is 2.41. The molecule has 1 aliphatic heterocycles. The third-order valence-electron chi connectivity index (χ3n) is 4.23. The maximum Gasteiger partial charge on any atom is 0.338 e. The van der Waals surface area contributed by atoms with E-state index in [1.165, 1.54) is 42.5 Å². The average Bonchev–Trinajstić information content (AvgIpc) is 3.06. The van der Waals surface area contributed by atoms with Crippen LogP contribution >= 0.6 is 0 Å². The minimum absolute atomic E-state index is 0.00115. The Kier molecular flexibility index (Phi) is 6.22. The maximum absolute atomic E-state index is 12.6. The van der Waals surface area contributed by atoms with Gasteiger partial charge in [-0.1, -0.05) is 6.07 Å². The predicted octanol–water partition coefficient (Wildman–Crippen LogP) is 0.813. The summed E-state index contributed by atoms with van der Waals surface area (Å²) >= 11 is 0. The van der Waals surface area contributed by atoms with Crippen molar-refractivity contribution in [2.45, 2.75) is 37.8 Å². The topological polar surface area (TPSA) is 113 Å². The Hall–Kier alpha value is -2.46. The Bertz CT molecular complexity index is 852. The van der Waals surface area contributed by atoms with Crippen molar-refractivity contribution < 1.29 is 27.5 Å². The molecule has 0 aromatic heterocycles. The number of hydrogen-bond acceptors (Lipinski definition) is 6. The number of ether oxygens (including phenoxy) is 1. The summed E-state index contributed by atoms with van der Waals surface area (Å²) in [5, 5.41) is 2.49. The smallest absolute Gasteiger partial charge is 0.338 e. The third kappa shape index (κ3) is 4.45. The lowest BCUT2D eigenvalue weighted by Gasteiger charge is -2.21. The highest BCUT2D eigenvalue weighted by Crippen LogP contribution is 2.19. The molecule has 0 unspecified atom stereocenters. The van der Waals surface area contributed by atoms with Crippen molar-refractivity contribution in [1.82, 2.24) is 14.5 Å². The highest BCUT2D eigenvalue weighted by atomic mass is 32.2. The van der Waals surface area contributed by atoms with Crippen LogP contribution in [0.4, 0.5) is 4.79 Å². The van der Waals surface area contributed by atoms with E-state index in [1.54, 1.807) is 13.8 Å². The first-order valence-electron chi connectivity index (χ1n) is 8.44. The van der Waals surface area contributed by atoms with Gasteiger partial charge in [-0.3, -0.25) is 9.69 Å². The van der Waals surface area contributed by atoms with Gasteiger partial charge in [-0.15, -0.1) is 0 Å².